The minimum absolute atomic E-state index is 0.359. The molecule has 1 unspecified atom stereocenters. The molecule has 2 N–H and O–H groups in total. The minimum Gasteiger partial charge on any atom is -0.319 e. The molecular weight excluding hydrogens is 188 g/mol. The zero-order valence-corrected chi connectivity index (χ0v) is 10.2. The predicted molar refractivity (Wildman–Crippen MR) is 61.4 cm³/mol. The van der Waals surface area contributed by atoms with E-state index in [9.17, 15) is 0 Å². The van der Waals surface area contributed by atoms with Gasteiger partial charge in [-0.25, -0.2) is 4.98 Å². The summed E-state index contributed by atoms with van der Waals surface area (Å²) in [4.78, 5) is 4.52. The maximum absolute atomic E-state index is 6.24. The molecule has 0 aromatic carbocycles. The Labute approximate surface area is 91.9 Å². The molecule has 86 valence electrons. The van der Waals surface area contributed by atoms with Crippen LogP contribution >= 0.6 is 0 Å². The van der Waals surface area contributed by atoms with E-state index in [0.29, 0.717) is 0 Å². The summed E-state index contributed by atoms with van der Waals surface area (Å²) in [6.45, 7) is 6.29. The SMILES string of the molecule is CCCc1nc(C(C)(N)CCC)n(C)n1. The first kappa shape index (κ1) is 12.2. The molecule has 0 bridgehead atoms. The van der Waals surface area contributed by atoms with Gasteiger partial charge in [0.2, 0.25) is 0 Å². The van der Waals surface area contributed by atoms with E-state index in [-0.39, 0.29) is 5.54 Å². The van der Waals surface area contributed by atoms with Crippen molar-refractivity contribution in [3.63, 3.8) is 0 Å². The highest BCUT2D eigenvalue weighted by Gasteiger charge is 2.26. The van der Waals surface area contributed by atoms with Crippen LogP contribution in [-0.2, 0) is 19.0 Å². The second-order valence-electron chi connectivity index (χ2n) is 4.39. The van der Waals surface area contributed by atoms with Crippen LogP contribution < -0.4 is 5.73 Å². The molecule has 0 saturated carbocycles. The van der Waals surface area contributed by atoms with Crippen LogP contribution in [0, 0.1) is 0 Å². The average Bonchev–Trinajstić information content (AvgIpc) is 2.48. The fourth-order valence-electron chi connectivity index (χ4n) is 1.90. The molecule has 0 aliphatic rings. The standard InChI is InChI=1S/C11H22N4/c1-5-7-9-13-10(15(4)14-9)11(3,12)8-6-2/h5-8,12H2,1-4H3. The van der Waals surface area contributed by atoms with Crippen LogP contribution in [0.5, 0.6) is 0 Å². The number of nitrogens with zero attached hydrogens (tertiary/aromatic N) is 3. The molecule has 1 heterocycles. The Hall–Kier alpha value is -0.900. The fourth-order valence-corrected chi connectivity index (χ4v) is 1.90. The summed E-state index contributed by atoms with van der Waals surface area (Å²) >= 11 is 0. The molecule has 1 aromatic heterocycles. The van der Waals surface area contributed by atoms with Gasteiger partial charge in [0.1, 0.15) is 5.82 Å². The van der Waals surface area contributed by atoms with Gasteiger partial charge in [0.05, 0.1) is 5.54 Å². The molecule has 15 heavy (non-hydrogen) atoms. The first-order valence-corrected chi connectivity index (χ1v) is 5.70. The highest BCUT2D eigenvalue weighted by atomic mass is 15.3. The number of hydrogen-bond donors (Lipinski definition) is 1. The topological polar surface area (TPSA) is 56.7 Å². The van der Waals surface area contributed by atoms with Crippen molar-refractivity contribution in [3.8, 4) is 0 Å². The first-order chi connectivity index (χ1) is 7.01. The zero-order valence-electron chi connectivity index (χ0n) is 10.2. The third-order valence-corrected chi connectivity index (χ3v) is 2.56. The van der Waals surface area contributed by atoms with Crippen LogP contribution in [0.4, 0.5) is 0 Å². The van der Waals surface area contributed by atoms with Crippen LogP contribution in [0.25, 0.3) is 0 Å². The Kier molecular flexibility index (Phi) is 3.85. The fraction of sp³-hybridized carbons (Fsp3) is 0.818. The van der Waals surface area contributed by atoms with E-state index >= 15 is 0 Å². The zero-order chi connectivity index (χ0) is 11.5. The Balaban J connectivity index is 2.93. The molecule has 0 aliphatic heterocycles. The summed E-state index contributed by atoms with van der Waals surface area (Å²) in [6.07, 6.45) is 3.99. The van der Waals surface area contributed by atoms with Gasteiger partial charge in [0.15, 0.2) is 5.82 Å². The molecule has 0 amide bonds. The maximum Gasteiger partial charge on any atom is 0.151 e. The molecule has 0 saturated heterocycles. The van der Waals surface area contributed by atoms with Crippen molar-refractivity contribution in [3.05, 3.63) is 11.6 Å². The molecular formula is C11H22N4. The van der Waals surface area contributed by atoms with E-state index in [4.69, 9.17) is 5.73 Å². The minimum atomic E-state index is -0.359. The first-order valence-electron chi connectivity index (χ1n) is 5.70. The molecule has 0 aliphatic carbocycles. The van der Waals surface area contributed by atoms with Crippen molar-refractivity contribution in [2.24, 2.45) is 12.8 Å². The molecule has 0 radical (unpaired) electrons. The van der Waals surface area contributed by atoms with Gasteiger partial charge < -0.3 is 5.73 Å². The molecule has 1 aromatic rings. The van der Waals surface area contributed by atoms with Crippen LogP contribution in [-0.4, -0.2) is 14.8 Å². The lowest BCUT2D eigenvalue weighted by atomic mass is 9.97. The lowest BCUT2D eigenvalue weighted by molar-refractivity contribution is 0.401. The second kappa shape index (κ2) is 4.75. The lowest BCUT2D eigenvalue weighted by Gasteiger charge is -2.22. The van der Waals surface area contributed by atoms with E-state index in [2.05, 4.69) is 23.9 Å². The Bertz CT molecular complexity index is 314. The van der Waals surface area contributed by atoms with Crippen molar-refractivity contribution < 1.29 is 0 Å². The summed E-state index contributed by atoms with van der Waals surface area (Å²) in [5.41, 5.74) is 5.88. The smallest absolute Gasteiger partial charge is 0.151 e. The highest BCUT2D eigenvalue weighted by molar-refractivity contribution is 5.05. The van der Waals surface area contributed by atoms with Crippen molar-refractivity contribution in [2.75, 3.05) is 0 Å². The largest absolute Gasteiger partial charge is 0.319 e. The van der Waals surface area contributed by atoms with E-state index in [0.717, 1.165) is 37.3 Å². The van der Waals surface area contributed by atoms with Gasteiger partial charge >= 0.3 is 0 Å². The monoisotopic (exact) mass is 210 g/mol. The lowest BCUT2D eigenvalue weighted by Crippen LogP contribution is -2.35. The summed E-state index contributed by atoms with van der Waals surface area (Å²) < 4.78 is 1.82. The normalized spacial score (nSPS) is 15.3. The summed E-state index contributed by atoms with van der Waals surface area (Å²) in [5.74, 6) is 1.80. The Morgan fingerprint density at radius 1 is 1.33 bits per heavy atom. The second-order valence-corrected chi connectivity index (χ2v) is 4.39. The van der Waals surface area contributed by atoms with Crippen molar-refractivity contribution in [1.29, 1.82) is 0 Å². The third-order valence-electron chi connectivity index (χ3n) is 2.56. The van der Waals surface area contributed by atoms with Gasteiger partial charge in [-0.15, -0.1) is 0 Å². The summed E-state index contributed by atoms with van der Waals surface area (Å²) in [6, 6.07) is 0. The number of hydrogen-bond acceptors (Lipinski definition) is 3. The quantitative estimate of drug-likeness (QED) is 0.805. The van der Waals surface area contributed by atoms with Crippen LogP contribution in [0.2, 0.25) is 0 Å². The van der Waals surface area contributed by atoms with Crippen molar-refractivity contribution in [1.82, 2.24) is 14.8 Å². The van der Waals surface area contributed by atoms with Gasteiger partial charge in [-0.3, -0.25) is 4.68 Å². The Morgan fingerprint density at radius 2 is 2.00 bits per heavy atom. The van der Waals surface area contributed by atoms with Gasteiger partial charge in [-0.1, -0.05) is 20.3 Å². The van der Waals surface area contributed by atoms with Crippen LogP contribution in [0.15, 0.2) is 0 Å². The molecule has 4 nitrogen and oxygen atoms in total. The van der Waals surface area contributed by atoms with Gasteiger partial charge in [0, 0.05) is 13.5 Å². The average molecular weight is 210 g/mol. The van der Waals surface area contributed by atoms with Crippen molar-refractivity contribution in [2.45, 2.75) is 52.0 Å². The summed E-state index contributed by atoms with van der Waals surface area (Å²) in [7, 11) is 1.92. The van der Waals surface area contributed by atoms with Gasteiger partial charge in [0.25, 0.3) is 0 Å². The molecule has 4 heteroatoms. The number of aromatic nitrogens is 3. The van der Waals surface area contributed by atoms with E-state index in [1.54, 1.807) is 0 Å². The summed E-state index contributed by atoms with van der Waals surface area (Å²) in [5, 5.41) is 4.37. The van der Waals surface area contributed by atoms with E-state index in [1.807, 2.05) is 18.7 Å². The molecule has 0 spiro atoms. The third kappa shape index (κ3) is 2.78. The molecule has 1 rings (SSSR count). The maximum atomic E-state index is 6.24. The molecule has 1 atom stereocenters. The Morgan fingerprint density at radius 3 is 2.53 bits per heavy atom. The number of aryl methyl sites for hydroxylation is 2. The van der Waals surface area contributed by atoms with Gasteiger partial charge in [-0.2, -0.15) is 5.10 Å². The van der Waals surface area contributed by atoms with Gasteiger partial charge in [-0.05, 0) is 19.8 Å². The number of nitrogens with two attached hydrogens (primary N) is 1. The number of rotatable bonds is 5. The van der Waals surface area contributed by atoms with Crippen LogP contribution in [0.3, 0.4) is 0 Å². The highest BCUT2D eigenvalue weighted by Crippen LogP contribution is 2.21. The van der Waals surface area contributed by atoms with E-state index < -0.39 is 0 Å². The molecule has 0 fully saturated rings. The van der Waals surface area contributed by atoms with Crippen LogP contribution in [0.1, 0.15) is 51.7 Å². The van der Waals surface area contributed by atoms with E-state index in [1.165, 1.54) is 0 Å². The van der Waals surface area contributed by atoms with Crippen molar-refractivity contribution >= 4 is 0 Å². The predicted octanol–water partition coefficient (Wildman–Crippen LogP) is 1.74.